The number of nitrogens with one attached hydrogen (secondary N) is 1. The Hall–Kier alpha value is -3.70. The van der Waals surface area contributed by atoms with E-state index in [4.69, 9.17) is 0 Å². The third-order valence-corrected chi connectivity index (χ3v) is 7.80. The average molecular weight is 508 g/mol. The Morgan fingerprint density at radius 2 is 1.75 bits per heavy atom. The zero-order chi connectivity index (χ0) is 25.0. The monoisotopic (exact) mass is 507 g/mol. The van der Waals surface area contributed by atoms with Crippen molar-refractivity contribution >= 4 is 51.1 Å². The molecule has 6 rings (SSSR count). The van der Waals surface area contributed by atoms with E-state index >= 15 is 0 Å². The minimum atomic E-state index is -0.968. The third kappa shape index (κ3) is 3.84. The summed E-state index contributed by atoms with van der Waals surface area (Å²) >= 11 is 1.30. The van der Waals surface area contributed by atoms with Crippen LogP contribution >= 0.6 is 11.5 Å². The van der Waals surface area contributed by atoms with Crippen molar-refractivity contribution in [2.75, 3.05) is 31.1 Å². The Kier molecular flexibility index (Phi) is 5.53. The summed E-state index contributed by atoms with van der Waals surface area (Å²) < 4.78 is 18.9. The van der Waals surface area contributed by atoms with Gasteiger partial charge in [-0.2, -0.15) is 4.37 Å². The number of hydrogen-bond donors (Lipinski definition) is 1. The second kappa shape index (κ2) is 8.75. The molecule has 3 aromatic rings. The summed E-state index contributed by atoms with van der Waals surface area (Å²) in [5.74, 6) is -1.39. The van der Waals surface area contributed by atoms with Crippen molar-refractivity contribution in [1.82, 2.24) is 19.5 Å². The van der Waals surface area contributed by atoms with Gasteiger partial charge in [-0.3, -0.25) is 34.3 Å². The highest BCUT2D eigenvalue weighted by Crippen LogP contribution is 2.31. The lowest BCUT2D eigenvalue weighted by Gasteiger charge is -2.35. The lowest BCUT2D eigenvalue weighted by molar-refractivity contribution is -0.136. The summed E-state index contributed by atoms with van der Waals surface area (Å²) in [6.07, 6.45) is 0.227. The molecule has 1 atom stereocenters. The normalized spacial score (nSPS) is 20.9. The van der Waals surface area contributed by atoms with Gasteiger partial charge in [-0.15, -0.1) is 0 Å². The van der Waals surface area contributed by atoms with Gasteiger partial charge in [0.05, 0.1) is 15.8 Å². The van der Waals surface area contributed by atoms with Crippen molar-refractivity contribution in [3.05, 3.63) is 58.9 Å². The number of fused-ring (bicyclic) bond motifs is 2. The van der Waals surface area contributed by atoms with Crippen LogP contribution in [0.15, 0.2) is 36.4 Å². The number of amides is 4. The van der Waals surface area contributed by atoms with Crippen LogP contribution in [0.3, 0.4) is 0 Å². The molecule has 0 radical (unpaired) electrons. The van der Waals surface area contributed by atoms with E-state index in [1.54, 1.807) is 18.2 Å². The van der Waals surface area contributed by atoms with Gasteiger partial charge in [-0.25, -0.2) is 4.39 Å². The van der Waals surface area contributed by atoms with Gasteiger partial charge in [-0.05, 0) is 53.8 Å². The van der Waals surface area contributed by atoms with Crippen LogP contribution in [-0.2, 0) is 16.1 Å². The van der Waals surface area contributed by atoms with E-state index in [1.165, 1.54) is 23.7 Å². The quantitative estimate of drug-likeness (QED) is 0.540. The average Bonchev–Trinajstić information content (AvgIpc) is 3.38. The van der Waals surface area contributed by atoms with Gasteiger partial charge >= 0.3 is 0 Å². The number of nitrogens with zero attached hydrogens (tertiary/aromatic N) is 4. The molecule has 36 heavy (non-hydrogen) atoms. The molecule has 3 aliphatic rings. The number of rotatable bonds is 4. The van der Waals surface area contributed by atoms with Crippen molar-refractivity contribution in [2.45, 2.75) is 25.4 Å². The van der Waals surface area contributed by atoms with Crippen LogP contribution < -0.4 is 10.2 Å². The smallest absolute Gasteiger partial charge is 0.262 e. The minimum Gasteiger partial charge on any atom is -0.353 e. The molecular weight excluding hydrogens is 485 g/mol. The highest BCUT2D eigenvalue weighted by atomic mass is 32.1. The molecule has 2 fully saturated rings. The number of halogens is 1. The zero-order valence-corrected chi connectivity index (χ0v) is 20.0. The molecule has 0 spiro atoms. The molecule has 0 saturated carbocycles. The van der Waals surface area contributed by atoms with Crippen LogP contribution in [0.2, 0.25) is 0 Å². The van der Waals surface area contributed by atoms with Gasteiger partial charge in [0.1, 0.15) is 17.7 Å². The number of carbonyl (C=O) groups excluding carboxylic acids is 4. The zero-order valence-electron chi connectivity index (χ0n) is 19.2. The predicted molar refractivity (Wildman–Crippen MR) is 130 cm³/mol. The van der Waals surface area contributed by atoms with E-state index in [2.05, 4.69) is 19.5 Å². The molecule has 1 unspecified atom stereocenters. The van der Waals surface area contributed by atoms with Crippen LogP contribution in [0, 0.1) is 5.82 Å². The number of piperidine rings is 1. The molecule has 11 heteroatoms. The number of hydrogen-bond acceptors (Lipinski definition) is 8. The second-order valence-electron chi connectivity index (χ2n) is 9.24. The fourth-order valence-corrected chi connectivity index (χ4v) is 5.94. The molecule has 4 amide bonds. The lowest BCUT2D eigenvalue weighted by atomic mass is 10.0. The fourth-order valence-electron chi connectivity index (χ4n) is 5.12. The fraction of sp³-hybridized carbons (Fsp3) is 0.320. The SMILES string of the molecule is O=C1CCC(N2C(=O)c3ccc(CN4CCN(c5nsc6cc(F)ccc56)CC4)cc3C2=O)C(=O)N1. The molecule has 184 valence electrons. The maximum absolute atomic E-state index is 13.5. The summed E-state index contributed by atoms with van der Waals surface area (Å²) in [6.45, 7) is 3.72. The summed E-state index contributed by atoms with van der Waals surface area (Å²) in [7, 11) is 0. The number of benzene rings is 2. The van der Waals surface area contributed by atoms with Crippen LogP contribution in [0.25, 0.3) is 10.1 Å². The highest BCUT2D eigenvalue weighted by Gasteiger charge is 2.44. The van der Waals surface area contributed by atoms with E-state index in [0.29, 0.717) is 12.1 Å². The van der Waals surface area contributed by atoms with Gasteiger partial charge in [0.25, 0.3) is 11.8 Å². The van der Waals surface area contributed by atoms with Crippen molar-refractivity contribution in [3.63, 3.8) is 0 Å². The first-order valence-electron chi connectivity index (χ1n) is 11.8. The summed E-state index contributed by atoms with van der Waals surface area (Å²) in [5.41, 5.74) is 1.48. The first kappa shape index (κ1) is 22.7. The molecule has 0 bridgehead atoms. The molecule has 9 nitrogen and oxygen atoms in total. The van der Waals surface area contributed by atoms with E-state index in [1.807, 2.05) is 6.07 Å². The highest BCUT2D eigenvalue weighted by molar-refractivity contribution is 7.13. The first-order valence-corrected chi connectivity index (χ1v) is 12.5. The van der Waals surface area contributed by atoms with E-state index in [9.17, 15) is 23.6 Å². The number of aromatic nitrogens is 1. The van der Waals surface area contributed by atoms with Crippen molar-refractivity contribution in [1.29, 1.82) is 0 Å². The first-order chi connectivity index (χ1) is 17.4. The minimum absolute atomic E-state index is 0.0919. The number of carbonyl (C=O) groups is 4. The molecule has 0 aliphatic carbocycles. The van der Waals surface area contributed by atoms with Crippen molar-refractivity contribution in [3.8, 4) is 0 Å². The van der Waals surface area contributed by atoms with Crippen molar-refractivity contribution in [2.24, 2.45) is 0 Å². The van der Waals surface area contributed by atoms with E-state index < -0.39 is 29.7 Å². The summed E-state index contributed by atoms with van der Waals surface area (Å²) in [4.78, 5) is 55.1. The standard InChI is InChI=1S/C25H22FN5O4S/c26-15-2-4-17-20(12-15)36-28-22(17)30-9-7-29(8-10-30)13-14-1-3-16-18(11-14)25(35)31(24(16)34)19-5-6-21(32)27-23(19)33/h1-4,11-12,19H,5-10,13H2,(H,27,32,33). The maximum Gasteiger partial charge on any atom is 0.262 e. The maximum atomic E-state index is 13.5. The Labute approximate surface area is 209 Å². The van der Waals surface area contributed by atoms with Crippen LogP contribution in [0.4, 0.5) is 10.2 Å². The van der Waals surface area contributed by atoms with Gasteiger partial charge in [0.15, 0.2) is 0 Å². The van der Waals surface area contributed by atoms with Crippen LogP contribution in [-0.4, -0.2) is 70.0 Å². The van der Waals surface area contributed by atoms with Crippen LogP contribution in [0.5, 0.6) is 0 Å². The topological polar surface area (TPSA) is 103 Å². The molecule has 4 heterocycles. The Morgan fingerprint density at radius 3 is 2.53 bits per heavy atom. The molecule has 1 aromatic heterocycles. The van der Waals surface area contributed by atoms with Crippen molar-refractivity contribution < 1.29 is 23.6 Å². The molecule has 2 saturated heterocycles. The molecule has 1 N–H and O–H groups in total. The Morgan fingerprint density at radius 1 is 0.972 bits per heavy atom. The lowest BCUT2D eigenvalue weighted by Crippen LogP contribution is -2.54. The Balaban J connectivity index is 1.13. The predicted octanol–water partition coefficient (Wildman–Crippen LogP) is 2.16. The van der Waals surface area contributed by atoms with Gasteiger partial charge in [0.2, 0.25) is 11.8 Å². The summed E-state index contributed by atoms with van der Waals surface area (Å²) in [6, 6.07) is 8.99. The molecular formula is C25H22FN5O4S. The number of piperazine rings is 1. The number of imide groups is 2. The number of anilines is 1. The van der Waals surface area contributed by atoms with Gasteiger partial charge in [0, 0.05) is 44.5 Å². The third-order valence-electron chi connectivity index (χ3n) is 7.00. The summed E-state index contributed by atoms with van der Waals surface area (Å²) in [5, 5.41) is 3.17. The molecule has 3 aliphatic heterocycles. The Bertz CT molecular complexity index is 1430. The van der Waals surface area contributed by atoms with E-state index in [0.717, 1.165) is 52.5 Å². The van der Waals surface area contributed by atoms with Gasteiger partial charge < -0.3 is 4.90 Å². The molecule has 2 aromatic carbocycles. The second-order valence-corrected chi connectivity index (χ2v) is 10.0. The largest absolute Gasteiger partial charge is 0.353 e. The van der Waals surface area contributed by atoms with Crippen LogP contribution in [0.1, 0.15) is 39.1 Å². The van der Waals surface area contributed by atoms with Gasteiger partial charge in [-0.1, -0.05) is 6.07 Å². The van der Waals surface area contributed by atoms with E-state index in [-0.39, 0.29) is 24.2 Å².